The van der Waals surface area contributed by atoms with Crippen LogP contribution in [-0.4, -0.2) is 4.57 Å². The van der Waals surface area contributed by atoms with Crippen molar-refractivity contribution < 1.29 is 0 Å². The predicted octanol–water partition coefficient (Wildman–Crippen LogP) is 4.16. The molecule has 3 heteroatoms. The van der Waals surface area contributed by atoms with Gasteiger partial charge in [0.15, 0.2) is 0 Å². The Labute approximate surface area is 96.8 Å². The molecule has 0 aliphatic carbocycles. The van der Waals surface area contributed by atoms with Crippen molar-refractivity contribution in [3.63, 3.8) is 0 Å². The smallest absolute Gasteiger partial charge is 0.0506 e. The van der Waals surface area contributed by atoms with E-state index in [1.54, 1.807) is 0 Å². The first-order valence-corrected chi connectivity index (χ1v) is 5.74. The second-order valence-corrected chi connectivity index (χ2v) is 4.56. The molecular formula is C11H11BrClN. The van der Waals surface area contributed by atoms with E-state index in [4.69, 9.17) is 11.6 Å². The molecule has 0 saturated carbocycles. The molecule has 0 unspecified atom stereocenters. The average molecular weight is 273 g/mol. The van der Waals surface area contributed by atoms with Gasteiger partial charge in [0.25, 0.3) is 0 Å². The lowest BCUT2D eigenvalue weighted by atomic mass is 10.2. The number of benzene rings is 1. The highest BCUT2D eigenvalue weighted by molar-refractivity contribution is 9.10. The van der Waals surface area contributed by atoms with E-state index in [9.17, 15) is 0 Å². The number of hydrogen-bond donors (Lipinski definition) is 0. The van der Waals surface area contributed by atoms with Gasteiger partial charge < -0.3 is 4.57 Å². The molecule has 0 amide bonds. The van der Waals surface area contributed by atoms with Gasteiger partial charge in [-0.25, -0.2) is 0 Å². The van der Waals surface area contributed by atoms with Crippen LogP contribution in [0.3, 0.4) is 0 Å². The summed E-state index contributed by atoms with van der Waals surface area (Å²) in [6.07, 6.45) is 1.02. The van der Waals surface area contributed by atoms with Gasteiger partial charge in [0, 0.05) is 27.6 Å². The Morgan fingerprint density at radius 2 is 2.14 bits per heavy atom. The Balaban J connectivity index is 2.87. The summed E-state index contributed by atoms with van der Waals surface area (Å²) in [6.45, 7) is 2.15. The first-order chi connectivity index (χ1) is 6.65. The van der Waals surface area contributed by atoms with Gasteiger partial charge in [0.05, 0.1) is 5.52 Å². The third kappa shape index (κ3) is 1.37. The Morgan fingerprint density at radius 3 is 2.79 bits per heavy atom. The maximum atomic E-state index is 5.97. The van der Waals surface area contributed by atoms with E-state index in [0.717, 1.165) is 11.4 Å². The van der Waals surface area contributed by atoms with Crippen molar-refractivity contribution in [2.75, 3.05) is 0 Å². The summed E-state index contributed by atoms with van der Waals surface area (Å²) in [4.78, 5) is 0. The molecule has 0 aliphatic heterocycles. The summed E-state index contributed by atoms with van der Waals surface area (Å²) in [6, 6.07) is 5.98. The quantitative estimate of drug-likeness (QED) is 0.735. The summed E-state index contributed by atoms with van der Waals surface area (Å²) >= 11 is 9.59. The standard InChI is InChI=1S/C11H11BrClN/c1-3-9-11(12)8-5-4-7(13)6-10(8)14(9)2/h4-6H,3H2,1-2H3. The molecular weight excluding hydrogens is 261 g/mol. The number of rotatable bonds is 1. The van der Waals surface area contributed by atoms with Gasteiger partial charge in [0.1, 0.15) is 0 Å². The number of hydrogen-bond acceptors (Lipinski definition) is 0. The summed E-state index contributed by atoms with van der Waals surface area (Å²) in [7, 11) is 2.07. The zero-order valence-corrected chi connectivity index (χ0v) is 10.5. The minimum Gasteiger partial charge on any atom is -0.347 e. The largest absolute Gasteiger partial charge is 0.347 e. The molecule has 0 atom stereocenters. The second-order valence-electron chi connectivity index (χ2n) is 3.33. The molecule has 14 heavy (non-hydrogen) atoms. The Morgan fingerprint density at radius 1 is 1.43 bits per heavy atom. The van der Waals surface area contributed by atoms with Crippen molar-refractivity contribution in [3.05, 3.63) is 33.4 Å². The van der Waals surface area contributed by atoms with Crippen molar-refractivity contribution in [2.45, 2.75) is 13.3 Å². The summed E-state index contributed by atoms with van der Waals surface area (Å²) in [5.74, 6) is 0. The third-order valence-corrected chi connectivity index (χ3v) is 3.67. The Hall–Kier alpha value is -0.470. The number of halogens is 2. The van der Waals surface area contributed by atoms with Crippen LogP contribution in [0.15, 0.2) is 22.7 Å². The van der Waals surface area contributed by atoms with E-state index in [1.807, 2.05) is 12.1 Å². The van der Waals surface area contributed by atoms with Crippen molar-refractivity contribution >= 4 is 38.4 Å². The first-order valence-electron chi connectivity index (χ1n) is 4.57. The van der Waals surface area contributed by atoms with E-state index < -0.39 is 0 Å². The molecule has 1 heterocycles. The maximum absolute atomic E-state index is 5.97. The SMILES string of the molecule is CCc1c(Br)c2ccc(Cl)cc2n1C. The fraction of sp³-hybridized carbons (Fsp3) is 0.273. The summed E-state index contributed by atoms with van der Waals surface area (Å²) in [5.41, 5.74) is 2.49. The lowest BCUT2D eigenvalue weighted by Gasteiger charge is -2.00. The van der Waals surface area contributed by atoms with E-state index in [1.165, 1.54) is 21.1 Å². The number of fused-ring (bicyclic) bond motifs is 1. The minimum atomic E-state index is 0.785. The lowest BCUT2D eigenvalue weighted by molar-refractivity contribution is 0.861. The molecule has 2 rings (SSSR count). The molecule has 0 bridgehead atoms. The topological polar surface area (TPSA) is 4.93 Å². The van der Waals surface area contributed by atoms with Gasteiger partial charge in [-0.05, 0) is 34.5 Å². The van der Waals surface area contributed by atoms with Crippen molar-refractivity contribution in [2.24, 2.45) is 7.05 Å². The molecule has 1 aromatic heterocycles. The van der Waals surface area contributed by atoms with E-state index in [0.29, 0.717) is 0 Å². The molecule has 1 aromatic carbocycles. The predicted molar refractivity (Wildman–Crippen MR) is 65.0 cm³/mol. The normalized spacial score (nSPS) is 11.1. The van der Waals surface area contributed by atoms with E-state index in [-0.39, 0.29) is 0 Å². The molecule has 0 radical (unpaired) electrons. The highest BCUT2D eigenvalue weighted by Gasteiger charge is 2.10. The highest BCUT2D eigenvalue weighted by atomic mass is 79.9. The van der Waals surface area contributed by atoms with Crippen LogP contribution in [0.25, 0.3) is 10.9 Å². The zero-order chi connectivity index (χ0) is 10.3. The van der Waals surface area contributed by atoms with Crippen molar-refractivity contribution in [3.8, 4) is 0 Å². The van der Waals surface area contributed by atoms with Gasteiger partial charge >= 0.3 is 0 Å². The average Bonchev–Trinajstić information content (AvgIpc) is 2.39. The molecule has 0 N–H and O–H groups in total. The van der Waals surface area contributed by atoms with Crippen LogP contribution >= 0.6 is 27.5 Å². The maximum Gasteiger partial charge on any atom is 0.0506 e. The first kappa shape index (κ1) is 10.1. The molecule has 74 valence electrons. The fourth-order valence-electron chi connectivity index (χ4n) is 1.81. The van der Waals surface area contributed by atoms with Gasteiger partial charge in [-0.3, -0.25) is 0 Å². The van der Waals surface area contributed by atoms with Crippen molar-refractivity contribution in [1.29, 1.82) is 0 Å². The molecule has 1 nitrogen and oxygen atoms in total. The monoisotopic (exact) mass is 271 g/mol. The highest BCUT2D eigenvalue weighted by Crippen LogP contribution is 2.32. The van der Waals surface area contributed by atoms with Gasteiger partial charge in [-0.1, -0.05) is 24.6 Å². The van der Waals surface area contributed by atoms with E-state index in [2.05, 4.69) is 40.5 Å². The number of aromatic nitrogens is 1. The molecule has 0 aliphatic rings. The van der Waals surface area contributed by atoms with Crippen LogP contribution in [0, 0.1) is 0 Å². The number of aryl methyl sites for hydroxylation is 1. The minimum absolute atomic E-state index is 0.785. The molecule has 0 saturated heterocycles. The van der Waals surface area contributed by atoms with Gasteiger partial charge in [0.2, 0.25) is 0 Å². The lowest BCUT2D eigenvalue weighted by Crippen LogP contribution is -1.93. The van der Waals surface area contributed by atoms with Crippen LogP contribution in [-0.2, 0) is 13.5 Å². The second kappa shape index (κ2) is 3.59. The van der Waals surface area contributed by atoms with E-state index >= 15 is 0 Å². The van der Waals surface area contributed by atoms with Gasteiger partial charge in [-0.15, -0.1) is 0 Å². The zero-order valence-electron chi connectivity index (χ0n) is 8.14. The van der Waals surface area contributed by atoms with Crippen molar-refractivity contribution in [1.82, 2.24) is 4.57 Å². The van der Waals surface area contributed by atoms with Gasteiger partial charge in [-0.2, -0.15) is 0 Å². The third-order valence-electron chi connectivity index (χ3n) is 2.55. The molecule has 0 fully saturated rings. The summed E-state index contributed by atoms with van der Waals surface area (Å²) in [5, 5.41) is 2.02. The van der Waals surface area contributed by atoms with Crippen LogP contribution in [0.2, 0.25) is 5.02 Å². The fourth-order valence-corrected chi connectivity index (χ4v) is 2.86. The Bertz CT molecular complexity index is 487. The molecule has 2 aromatic rings. The number of nitrogens with zero attached hydrogens (tertiary/aromatic N) is 1. The van der Waals surface area contributed by atoms with Crippen LogP contribution < -0.4 is 0 Å². The van der Waals surface area contributed by atoms with Crippen LogP contribution in [0.1, 0.15) is 12.6 Å². The van der Waals surface area contributed by atoms with Crippen LogP contribution in [0.5, 0.6) is 0 Å². The van der Waals surface area contributed by atoms with Crippen LogP contribution in [0.4, 0.5) is 0 Å². The summed E-state index contributed by atoms with van der Waals surface area (Å²) < 4.78 is 3.37. The Kier molecular flexibility index (Phi) is 2.58. The molecule has 0 spiro atoms.